The molecule has 1 aliphatic heterocycles. The van der Waals surface area contributed by atoms with Gasteiger partial charge in [0, 0.05) is 5.75 Å². The van der Waals surface area contributed by atoms with E-state index in [-0.39, 0.29) is 5.82 Å². The normalized spacial score (nSPS) is 19.6. The highest BCUT2D eigenvalue weighted by Crippen LogP contribution is 2.27. The lowest BCUT2D eigenvalue weighted by molar-refractivity contribution is 0.543. The van der Waals surface area contributed by atoms with E-state index in [0.717, 1.165) is 16.6 Å². The zero-order valence-electron chi connectivity index (χ0n) is 9.71. The van der Waals surface area contributed by atoms with Crippen molar-refractivity contribution in [3.05, 3.63) is 27.6 Å². The first-order valence-corrected chi connectivity index (χ1v) is 7.56. The Morgan fingerprint density at radius 2 is 2.29 bits per heavy atom. The maximum Gasteiger partial charge on any atom is 0.161 e. The smallest absolute Gasteiger partial charge is 0.161 e. The molecule has 1 atom stereocenters. The summed E-state index contributed by atoms with van der Waals surface area (Å²) in [4.78, 5) is 4.60. The summed E-state index contributed by atoms with van der Waals surface area (Å²) >= 11 is 3.71. The molecule has 1 aliphatic rings. The van der Waals surface area contributed by atoms with E-state index in [1.54, 1.807) is 17.8 Å². The topological polar surface area (TPSA) is 24.4 Å². The highest BCUT2D eigenvalue weighted by Gasteiger charge is 2.21. The summed E-state index contributed by atoms with van der Waals surface area (Å²) in [6.07, 6.45) is 0. The van der Waals surface area contributed by atoms with Gasteiger partial charge in [0.2, 0.25) is 0 Å². The van der Waals surface area contributed by atoms with Crippen LogP contribution in [0.4, 0.5) is 10.1 Å². The van der Waals surface area contributed by atoms with E-state index in [4.69, 9.17) is 0 Å². The molecule has 0 fully saturated rings. The van der Waals surface area contributed by atoms with Gasteiger partial charge in [0.25, 0.3) is 0 Å². The van der Waals surface area contributed by atoms with Crippen LogP contribution in [0.3, 0.4) is 0 Å². The standard InChI is InChI=1S/C12H14FIN2S/c1-7(2)10-6-17-12(16-10)15-9-5-3-4-8(13)11(9)14/h3-5,7,10H,6H2,1-2H3,(H,15,16). The summed E-state index contributed by atoms with van der Waals surface area (Å²) in [5.74, 6) is 1.36. The number of amidine groups is 1. The molecule has 0 aromatic heterocycles. The highest BCUT2D eigenvalue weighted by molar-refractivity contribution is 14.1. The van der Waals surface area contributed by atoms with Crippen LogP contribution in [0.1, 0.15) is 13.8 Å². The molecule has 17 heavy (non-hydrogen) atoms. The van der Waals surface area contributed by atoms with Gasteiger partial charge in [-0.25, -0.2) is 4.39 Å². The maximum atomic E-state index is 13.4. The molecule has 1 heterocycles. The van der Waals surface area contributed by atoms with Gasteiger partial charge in [-0.15, -0.1) is 0 Å². The van der Waals surface area contributed by atoms with Crippen molar-refractivity contribution in [2.75, 3.05) is 11.1 Å². The Morgan fingerprint density at radius 3 is 2.94 bits per heavy atom. The molecule has 1 aromatic rings. The quantitative estimate of drug-likeness (QED) is 0.804. The minimum absolute atomic E-state index is 0.195. The van der Waals surface area contributed by atoms with Gasteiger partial charge in [-0.2, -0.15) is 0 Å². The lowest BCUT2D eigenvalue weighted by Crippen LogP contribution is -2.12. The third-order valence-electron chi connectivity index (χ3n) is 2.64. The summed E-state index contributed by atoms with van der Waals surface area (Å²) in [6, 6.07) is 5.41. The average molecular weight is 364 g/mol. The molecule has 5 heteroatoms. The van der Waals surface area contributed by atoms with E-state index in [1.165, 1.54) is 6.07 Å². The minimum atomic E-state index is -0.195. The first-order chi connectivity index (χ1) is 8.08. The third-order valence-corrected chi connectivity index (χ3v) is 4.72. The van der Waals surface area contributed by atoms with Crippen molar-refractivity contribution in [3.63, 3.8) is 0 Å². The van der Waals surface area contributed by atoms with Crippen molar-refractivity contribution < 1.29 is 4.39 Å². The van der Waals surface area contributed by atoms with Crippen LogP contribution in [0.15, 0.2) is 23.2 Å². The van der Waals surface area contributed by atoms with Crippen molar-refractivity contribution in [1.29, 1.82) is 0 Å². The van der Waals surface area contributed by atoms with Crippen LogP contribution in [-0.2, 0) is 0 Å². The van der Waals surface area contributed by atoms with Crippen molar-refractivity contribution in [1.82, 2.24) is 0 Å². The van der Waals surface area contributed by atoms with E-state index in [0.29, 0.717) is 15.5 Å². The predicted molar refractivity (Wildman–Crippen MR) is 81.3 cm³/mol. The summed E-state index contributed by atoms with van der Waals surface area (Å²) in [5.41, 5.74) is 0.793. The van der Waals surface area contributed by atoms with E-state index < -0.39 is 0 Å². The van der Waals surface area contributed by atoms with Gasteiger partial charge in [0.15, 0.2) is 5.17 Å². The highest BCUT2D eigenvalue weighted by atomic mass is 127. The van der Waals surface area contributed by atoms with Gasteiger partial charge in [-0.05, 0) is 40.6 Å². The SMILES string of the molecule is CC(C)C1CSC(Nc2cccc(F)c2I)=N1. The molecule has 0 radical (unpaired) electrons. The average Bonchev–Trinajstić information content (AvgIpc) is 2.73. The molecule has 0 saturated carbocycles. The molecular formula is C12H14FIN2S. The molecule has 0 aliphatic carbocycles. The fourth-order valence-corrected chi connectivity index (χ4v) is 3.19. The zero-order chi connectivity index (χ0) is 12.4. The largest absolute Gasteiger partial charge is 0.334 e. The molecule has 0 spiro atoms. The first kappa shape index (κ1) is 13.1. The number of hydrogen-bond acceptors (Lipinski definition) is 3. The van der Waals surface area contributed by atoms with E-state index in [2.05, 4.69) is 24.2 Å². The van der Waals surface area contributed by atoms with Crippen LogP contribution in [0.5, 0.6) is 0 Å². The number of nitrogens with one attached hydrogen (secondary N) is 1. The number of thioether (sulfide) groups is 1. The Balaban J connectivity index is 2.12. The predicted octanol–water partition coefficient (Wildman–Crippen LogP) is 3.97. The summed E-state index contributed by atoms with van der Waals surface area (Å²) in [7, 11) is 0. The molecule has 1 N–H and O–H groups in total. The second-order valence-corrected chi connectivity index (χ2v) is 6.37. The van der Waals surface area contributed by atoms with Crippen molar-refractivity contribution >= 4 is 45.2 Å². The van der Waals surface area contributed by atoms with Gasteiger partial charge in [-0.3, -0.25) is 4.99 Å². The van der Waals surface area contributed by atoms with Crippen molar-refractivity contribution in [3.8, 4) is 0 Å². The number of halogens is 2. The molecule has 1 unspecified atom stereocenters. The van der Waals surface area contributed by atoms with Crippen molar-refractivity contribution in [2.45, 2.75) is 19.9 Å². The number of hydrogen-bond donors (Lipinski definition) is 1. The van der Waals surface area contributed by atoms with Gasteiger partial charge >= 0.3 is 0 Å². The Labute approximate surface area is 119 Å². The second-order valence-electron chi connectivity index (χ2n) is 4.28. The summed E-state index contributed by atoms with van der Waals surface area (Å²) in [5, 5.41) is 4.10. The van der Waals surface area contributed by atoms with Gasteiger partial charge < -0.3 is 5.32 Å². The molecule has 0 bridgehead atoms. The van der Waals surface area contributed by atoms with Gasteiger partial charge in [-0.1, -0.05) is 31.7 Å². The minimum Gasteiger partial charge on any atom is -0.334 e. The van der Waals surface area contributed by atoms with Gasteiger partial charge in [0.05, 0.1) is 15.3 Å². The Hall–Kier alpha value is -0.300. The monoisotopic (exact) mass is 364 g/mol. The molecule has 0 amide bonds. The van der Waals surface area contributed by atoms with Crippen LogP contribution in [-0.4, -0.2) is 17.0 Å². The van der Waals surface area contributed by atoms with Crippen LogP contribution < -0.4 is 5.32 Å². The van der Waals surface area contributed by atoms with Crippen LogP contribution in [0.25, 0.3) is 0 Å². The Morgan fingerprint density at radius 1 is 1.53 bits per heavy atom. The molecular weight excluding hydrogens is 350 g/mol. The van der Waals surface area contributed by atoms with E-state index >= 15 is 0 Å². The molecule has 92 valence electrons. The van der Waals surface area contributed by atoms with Crippen LogP contribution >= 0.6 is 34.4 Å². The molecule has 0 saturated heterocycles. The fraction of sp³-hybridized carbons (Fsp3) is 0.417. The Bertz CT molecular complexity index is 448. The van der Waals surface area contributed by atoms with Gasteiger partial charge in [0.1, 0.15) is 5.82 Å². The number of rotatable bonds is 2. The maximum absolute atomic E-state index is 13.4. The Kier molecular flexibility index (Phi) is 4.30. The number of nitrogens with zero attached hydrogens (tertiary/aromatic N) is 1. The number of anilines is 1. The molecule has 2 rings (SSSR count). The number of benzene rings is 1. The van der Waals surface area contributed by atoms with Crippen LogP contribution in [0.2, 0.25) is 0 Å². The first-order valence-electron chi connectivity index (χ1n) is 5.49. The zero-order valence-corrected chi connectivity index (χ0v) is 12.7. The summed E-state index contributed by atoms with van der Waals surface area (Å²) < 4.78 is 14.0. The fourth-order valence-electron chi connectivity index (χ4n) is 1.51. The third kappa shape index (κ3) is 3.13. The van der Waals surface area contributed by atoms with Crippen LogP contribution in [0, 0.1) is 15.3 Å². The lowest BCUT2D eigenvalue weighted by Gasteiger charge is -2.08. The summed E-state index contributed by atoms with van der Waals surface area (Å²) in [6.45, 7) is 4.34. The molecule has 2 nitrogen and oxygen atoms in total. The van der Waals surface area contributed by atoms with E-state index in [1.807, 2.05) is 28.7 Å². The second kappa shape index (κ2) is 5.56. The van der Waals surface area contributed by atoms with E-state index in [9.17, 15) is 4.39 Å². The lowest BCUT2D eigenvalue weighted by atomic mass is 10.1. The molecule has 1 aromatic carbocycles. The van der Waals surface area contributed by atoms with Crippen molar-refractivity contribution in [2.24, 2.45) is 10.9 Å². The number of aliphatic imine (C=N–C) groups is 1.